The summed E-state index contributed by atoms with van der Waals surface area (Å²) in [7, 11) is 0. The molecule has 1 aliphatic heterocycles. The molecule has 0 radical (unpaired) electrons. The maximum absolute atomic E-state index is 12.0. The first kappa shape index (κ1) is 16.0. The smallest absolute Gasteiger partial charge is 0.363 e. The Bertz CT molecular complexity index is 838. The number of halogens is 1. The van der Waals surface area contributed by atoms with Crippen LogP contribution in [0, 0.1) is 0 Å². The molecule has 4 nitrogen and oxygen atoms in total. The number of hydrogen-bond donors (Lipinski definition) is 0. The lowest BCUT2D eigenvalue weighted by Crippen LogP contribution is -2.05. The third-order valence-corrected chi connectivity index (χ3v) is 3.49. The van der Waals surface area contributed by atoms with Crippen LogP contribution in [0.25, 0.3) is 6.08 Å². The first-order chi connectivity index (χ1) is 11.7. The van der Waals surface area contributed by atoms with E-state index in [1.165, 1.54) is 0 Å². The van der Waals surface area contributed by atoms with Gasteiger partial charge in [0.15, 0.2) is 5.70 Å². The number of hydrogen-bond acceptors (Lipinski definition) is 4. The molecular weight excluding hydrogens is 326 g/mol. The van der Waals surface area contributed by atoms with Gasteiger partial charge in [-0.05, 0) is 48.0 Å². The van der Waals surface area contributed by atoms with Crippen molar-refractivity contribution in [3.63, 3.8) is 0 Å². The van der Waals surface area contributed by atoms with Crippen LogP contribution in [0.4, 0.5) is 0 Å². The van der Waals surface area contributed by atoms with Crippen LogP contribution in [0.3, 0.4) is 0 Å². The molecule has 0 aromatic heterocycles. The van der Waals surface area contributed by atoms with E-state index in [1.54, 1.807) is 36.4 Å². The van der Waals surface area contributed by atoms with Gasteiger partial charge in [-0.3, -0.25) is 0 Å². The van der Waals surface area contributed by atoms with Crippen LogP contribution >= 0.6 is 11.6 Å². The summed E-state index contributed by atoms with van der Waals surface area (Å²) < 4.78 is 10.7. The van der Waals surface area contributed by atoms with Crippen LogP contribution in [0.1, 0.15) is 11.1 Å². The van der Waals surface area contributed by atoms with Gasteiger partial charge >= 0.3 is 5.97 Å². The van der Waals surface area contributed by atoms with Gasteiger partial charge in [0.2, 0.25) is 5.90 Å². The molecule has 2 aromatic carbocycles. The predicted octanol–water partition coefficient (Wildman–Crippen LogP) is 4.25. The molecule has 0 aliphatic carbocycles. The predicted molar refractivity (Wildman–Crippen MR) is 94.2 cm³/mol. The van der Waals surface area contributed by atoms with Gasteiger partial charge in [0.25, 0.3) is 0 Å². The fraction of sp³-hybridized carbons (Fsp3) is 0.0526. The molecule has 0 unspecified atom stereocenters. The highest BCUT2D eigenvalue weighted by molar-refractivity contribution is 6.30. The Labute approximate surface area is 144 Å². The van der Waals surface area contributed by atoms with Gasteiger partial charge in [0.05, 0.1) is 0 Å². The molecule has 120 valence electrons. The molecule has 0 N–H and O–H groups in total. The van der Waals surface area contributed by atoms with E-state index in [4.69, 9.17) is 21.1 Å². The Hall–Kier alpha value is -2.85. The Morgan fingerprint density at radius 3 is 2.75 bits per heavy atom. The van der Waals surface area contributed by atoms with Crippen molar-refractivity contribution in [2.24, 2.45) is 4.99 Å². The number of esters is 1. The molecule has 0 bridgehead atoms. The fourth-order valence-corrected chi connectivity index (χ4v) is 2.26. The zero-order chi connectivity index (χ0) is 16.9. The zero-order valence-electron chi connectivity index (χ0n) is 12.7. The van der Waals surface area contributed by atoms with E-state index in [2.05, 4.69) is 11.6 Å². The summed E-state index contributed by atoms with van der Waals surface area (Å²) in [4.78, 5) is 16.3. The minimum absolute atomic E-state index is 0.237. The molecule has 0 fully saturated rings. The minimum atomic E-state index is -0.489. The van der Waals surface area contributed by atoms with Crippen molar-refractivity contribution >= 4 is 29.5 Å². The third-order valence-electron chi connectivity index (χ3n) is 3.24. The van der Waals surface area contributed by atoms with Gasteiger partial charge < -0.3 is 9.47 Å². The Kier molecular flexibility index (Phi) is 4.77. The summed E-state index contributed by atoms with van der Waals surface area (Å²) in [6, 6.07) is 14.3. The number of nitrogens with zero attached hydrogens (tertiary/aromatic N) is 1. The first-order valence-electron chi connectivity index (χ1n) is 7.28. The van der Waals surface area contributed by atoms with Gasteiger partial charge in [0, 0.05) is 10.6 Å². The van der Waals surface area contributed by atoms with Crippen LogP contribution in [-0.2, 0) is 9.53 Å². The fourth-order valence-electron chi connectivity index (χ4n) is 2.13. The van der Waals surface area contributed by atoms with Crippen molar-refractivity contribution < 1.29 is 14.3 Å². The van der Waals surface area contributed by atoms with Crippen molar-refractivity contribution in [1.82, 2.24) is 0 Å². The second kappa shape index (κ2) is 7.15. The van der Waals surface area contributed by atoms with Crippen LogP contribution in [0.2, 0.25) is 5.02 Å². The lowest BCUT2D eigenvalue weighted by atomic mass is 10.2. The van der Waals surface area contributed by atoms with Gasteiger partial charge in [-0.1, -0.05) is 36.4 Å². The molecule has 0 atom stereocenters. The van der Waals surface area contributed by atoms with Crippen molar-refractivity contribution in [3.05, 3.63) is 83.0 Å². The number of cyclic esters (lactones) is 1. The van der Waals surface area contributed by atoms with E-state index in [9.17, 15) is 4.79 Å². The largest absolute Gasteiger partial charge is 0.490 e. The van der Waals surface area contributed by atoms with Crippen molar-refractivity contribution in [2.45, 2.75) is 0 Å². The molecule has 0 saturated carbocycles. The zero-order valence-corrected chi connectivity index (χ0v) is 13.5. The van der Waals surface area contributed by atoms with Crippen molar-refractivity contribution in [2.75, 3.05) is 6.61 Å². The topological polar surface area (TPSA) is 47.9 Å². The summed E-state index contributed by atoms with van der Waals surface area (Å²) in [6.45, 7) is 4.03. The summed E-state index contributed by atoms with van der Waals surface area (Å²) in [5.74, 6) is 0.469. The van der Waals surface area contributed by atoms with Crippen LogP contribution in [0.15, 0.2) is 71.9 Å². The molecular formula is C19H14ClNO3. The Morgan fingerprint density at radius 1 is 1.21 bits per heavy atom. The highest BCUT2D eigenvalue weighted by atomic mass is 35.5. The maximum Gasteiger partial charge on any atom is 0.363 e. The average Bonchev–Trinajstić information content (AvgIpc) is 2.95. The Balaban J connectivity index is 1.85. The van der Waals surface area contributed by atoms with E-state index in [0.717, 1.165) is 5.56 Å². The van der Waals surface area contributed by atoms with Gasteiger partial charge in [0.1, 0.15) is 12.4 Å². The molecule has 2 aromatic rings. The molecule has 0 spiro atoms. The highest BCUT2D eigenvalue weighted by Crippen LogP contribution is 2.22. The van der Waals surface area contributed by atoms with E-state index < -0.39 is 5.97 Å². The van der Waals surface area contributed by atoms with Crippen molar-refractivity contribution in [3.8, 4) is 5.75 Å². The summed E-state index contributed by atoms with van der Waals surface area (Å²) >= 11 is 5.86. The Morgan fingerprint density at radius 2 is 2.00 bits per heavy atom. The monoisotopic (exact) mass is 339 g/mol. The number of aliphatic imine (C=N–C) groups is 1. The van der Waals surface area contributed by atoms with E-state index in [-0.39, 0.29) is 11.6 Å². The maximum atomic E-state index is 12.0. The molecule has 0 amide bonds. The normalized spacial score (nSPS) is 15.1. The van der Waals surface area contributed by atoms with E-state index in [1.807, 2.05) is 24.3 Å². The second-order valence-corrected chi connectivity index (χ2v) is 5.45. The number of carbonyl (C=O) groups excluding carboxylic acids is 1. The number of carbonyl (C=O) groups is 1. The van der Waals surface area contributed by atoms with Crippen molar-refractivity contribution in [1.29, 1.82) is 0 Å². The first-order valence-corrected chi connectivity index (χ1v) is 7.66. The molecule has 5 heteroatoms. The van der Waals surface area contributed by atoms with Crippen LogP contribution in [-0.4, -0.2) is 18.5 Å². The SMILES string of the molecule is C=CCOc1cccc(C=C2N=C(c3ccc(Cl)cc3)OC2=O)c1. The van der Waals surface area contributed by atoms with Gasteiger partial charge in [-0.25, -0.2) is 9.79 Å². The molecule has 0 saturated heterocycles. The summed E-state index contributed by atoms with van der Waals surface area (Å²) in [5, 5.41) is 0.607. The number of rotatable bonds is 5. The highest BCUT2D eigenvalue weighted by Gasteiger charge is 2.24. The number of benzene rings is 2. The molecule has 1 aliphatic rings. The molecule has 1 heterocycles. The lowest BCUT2D eigenvalue weighted by molar-refractivity contribution is -0.129. The lowest BCUT2D eigenvalue weighted by Gasteiger charge is -2.03. The van der Waals surface area contributed by atoms with Gasteiger partial charge in [-0.2, -0.15) is 0 Å². The standard InChI is InChI=1S/C19H14ClNO3/c1-2-10-23-16-5-3-4-13(11-16)12-17-19(22)24-18(21-17)14-6-8-15(20)9-7-14/h2-9,11-12H,1,10H2. The summed E-state index contributed by atoms with van der Waals surface area (Å²) in [5.41, 5.74) is 1.73. The number of ether oxygens (including phenoxy) is 2. The molecule has 24 heavy (non-hydrogen) atoms. The summed E-state index contributed by atoms with van der Waals surface area (Å²) in [6.07, 6.45) is 3.33. The van der Waals surface area contributed by atoms with E-state index in [0.29, 0.717) is 22.9 Å². The minimum Gasteiger partial charge on any atom is -0.490 e. The van der Waals surface area contributed by atoms with Crippen LogP contribution in [0.5, 0.6) is 5.75 Å². The van der Waals surface area contributed by atoms with Crippen LogP contribution < -0.4 is 4.74 Å². The third kappa shape index (κ3) is 3.73. The second-order valence-electron chi connectivity index (χ2n) is 5.02. The average molecular weight is 340 g/mol. The van der Waals surface area contributed by atoms with E-state index >= 15 is 0 Å². The quantitative estimate of drug-likeness (QED) is 0.465. The van der Waals surface area contributed by atoms with Gasteiger partial charge in [-0.15, -0.1) is 0 Å². The molecule has 3 rings (SSSR count).